The highest BCUT2D eigenvalue weighted by atomic mass is 79.9. The minimum Gasteiger partial charge on any atom is -0.455 e. The van der Waals surface area contributed by atoms with Crippen molar-refractivity contribution in [1.29, 1.82) is 0 Å². The Kier molecular flexibility index (Phi) is 3.90. The van der Waals surface area contributed by atoms with E-state index in [1.165, 1.54) is 0 Å². The second-order valence-electron chi connectivity index (χ2n) is 4.22. The molecule has 0 saturated heterocycles. The molecule has 2 N–H and O–H groups in total. The molecule has 100 valence electrons. The summed E-state index contributed by atoms with van der Waals surface area (Å²) in [4.78, 5) is 12.0. The number of carbonyl (C=O) groups is 1. The molecule has 0 aliphatic heterocycles. The van der Waals surface area contributed by atoms with Crippen LogP contribution in [-0.4, -0.2) is 15.7 Å². The maximum absolute atomic E-state index is 12.0. The lowest BCUT2D eigenvalue weighted by Crippen LogP contribution is -2.09. The van der Waals surface area contributed by atoms with Crippen molar-refractivity contribution < 1.29 is 9.53 Å². The predicted octanol–water partition coefficient (Wildman–Crippen LogP) is 2.43. The van der Waals surface area contributed by atoms with Crippen molar-refractivity contribution in [2.75, 3.05) is 5.73 Å². The normalized spacial score (nSPS) is 10.5. The lowest BCUT2D eigenvalue weighted by atomic mass is 10.1. The second-order valence-corrected chi connectivity index (χ2v) is 5.14. The van der Waals surface area contributed by atoms with Gasteiger partial charge in [-0.25, -0.2) is 4.79 Å². The molecule has 0 aliphatic rings. The lowest BCUT2D eigenvalue weighted by Gasteiger charge is -2.09. The number of rotatable bonds is 3. The Morgan fingerprint density at radius 2 is 2.26 bits per heavy atom. The first-order valence-electron chi connectivity index (χ1n) is 5.68. The van der Waals surface area contributed by atoms with Gasteiger partial charge in [-0.3, -0.25) is 4.68 Å². The first kappa shape index (κ1) is 13.6. The molecule has 0 saturated carbocycles. The number of halogens is 1. The van der Waals surface area contributed by atoms with Gasteiger partial charge < -0.3 is 10.5 Å². The average Bonchev–Trinajstić information content (AvgIpc) is 2.76. The molecule has 5 nitrogen and oxygen atoms in total. The SMILES string of the molecule is Cc1c(N)cc(Br)cc1C(=O)OCc1ccn(C)n1. The number of nitrogens with two attached hydrogens (primary N) is 1. The van der Waals surface area contributed by atoms with E-state index in [2.05, 4.69) is 21.0 Å². The van der Waals surface area contributed by atoms with E-state index < -0.39 is 5.97 Å². The zero-order chi connectivity index (χ0) is 14.0. The summed E-state index contributed by atoms with van der Waals surface area (Å²) >= 11 is 3.31. The Bertz CT molecular complexity index is 622. The fraction of sp³-hybridized carbons (Fsp3) is 0.231. The molecule has 0 radical (unpaired) electrons. The molecule has 0 aliphatic carbocycles. The summed E-state index contributed by atoms with van der Waals surface area (Å²) in [6.45, 7) is 1.94. The van der Waals surface area contributed by atoms with Crippen molar-refractivity contribution in [3.63, 3.8) is 0 Å². The van der Waals surface area contributed by atoms with Gasteiger partial charge in [0.05, 0.1) is 11.3 Å². The monoisotopic (exact) mass is 323 g/mol. The number of anilines is 1. The van der Waals surface area contributed by atoms with Gasteiger partial charge in [-0.05, 0) is 30.7 Å². The summed E-state index contributed by atoms with van der Waals surface area (Å²) in [6, 6.07) is 5.26. The van der Waals surface area contributed by atoms with Gasteiger partial charge in [-0.15, -0.1) is 0 Å². The number of carbonyl (C=O) groups excluding carboxylic acids is 1. The zero-order valence-corrected chi connectivity index (χ0v) is 12.3. The molecule has 0 spiro atoms. The van der Waals surface area contributed by atoms with E-state index in [0.717, 1.165) is 4.47 Å². The number of hydrogen-bond acceptors (Lipinski definition) is 4. The molecular formula is C13H14BrN3O2. The highest BCUT2D eigenvalue weighted by Crippen LogP contribution is 2.23. The van der Waals surface area contributed by atoms with Crippen LogP contribution in [0.3, 0.4) is 0 Å². The minimum atomic E-state index is -0.406. The van der Waals surface area contributed by atoms with Crippen molar-refractivity contribution in [3.05, 3.63) is 45.7 Å². The van der Waals surface area contributed by atoms with E-state index in [1.54, 1.807) is 36.0 Å². The van der Waals surface area contributed by atoms with E-state index in [-0.39, 0.29) is 6.61 Å². The van der Waals surface area contributed by atoms with Crippen LogP contribution < -0.4 is 5.73 Å². The molecule has 1 heterocycles. The Morgan fingerprint density at radius 1 is 1.53 bits per heavy atom. The highest BCUT2D eigenvalue weighted by molar-refractivity contribution is 9.10. The first-order chi connectivity index (χ1) is 8.97. The summed E-state index contributed by atoms with van der Waals surface area (Å²) in [7, 11) is 1.81. The van der Waals surface area contributed by atoms with Crippen LogP contribution in [0.25, 0.3) is 0 Å². The number of aromatic nitrogens is 2. The first-order valence-corrected chi connectivity index (χ1v) is 6.48. The number of aryl methyl sites for hydroxylation is 1. The molecule has 1 aromatic heterocycles. The van der Waals surface area contributed by atoms with Gasteiger partial charge in [0, 0.05) is 23.4 Å². The lowest BCUT2D eigenvalue weighted by molar-refractivity contribution is 0.0466. The van der Waals surface area contributed by atoms with Crippen molar-refractivity contribution in [2.45, 2.75) is 13.5 Å². The van der Waals surface area contributed by atoms with Crippen LogP contribution in [0.4, 0.5) is 5.69 Å². The van der Waals surface area contributed by atoms with Gasteiger partial charge in [-0.2, -0.15) is 5.10 Å². The van der Waals surface area contributed by atoms with Crippen LogP contribution in [0.2, 0.25) is 0 Å². The van der Waals surface area contributed by atoms with Crippen LogP contribution in [0.15, 0.2) is 28.9 Å². The zero-order valence-electron chi connectivity index (χ0n) is 10.7. The molecule has 0 atom stereocenters. The summed E-state index contributed by atoms with van der Waals surface area (Å²) in [6.07, 6.45) is 1.80. The van der Waals surface area contributed by atoms with E-state index in [4.69, 9.17) is 10.5 Å². The molecule has 19 heavy (non-hydrogen) atoms. The maximum Gasteiger partial charge on any atom is 0.338 e. The third kappa shape index (κ3) is 3.14. The van der Waals surface area contributed by atoms with Gasteiger partial charge in [0.1, 0.15) is 6.61 Å². The molecule has 0 unspecified atom stereocenters. The number of esters is 1. The number of nitrogen functional groups attached to an aromatic ring is 1. The fourth-order valence-corrected chi connectivity index (χ4v) is 2.15. The van der Waals surface area contributed by atoms with Gasteiger partial charge >= 0.3 is 5.97 Å². The van der Waals surface area contributed by atoms with E-state index in [9.17, 15) is 4.79 Å². The summed E-state index contributed by atoms with van der Waals surface area (Å²) < 4.78 is 7.64. The van der Waals surface area contributed by atoms with E-state index in [1.807, 2.05) is 7.05 Å². The van der Waals surface area contributed by atoms with Crippen molar-refractivity contribution in [1.82, 2.24) is 9.78 Å². The van der Waals surface area contributed by atoms with E-state index in [0.29, 0.717) is 22.5 Å². The molecular weight excluding hydrogens is 310 g/mol. The largest absolute Gasteiger partial charge is 0.455 e. The van der Waals surface area contributed by atoms with Crippen LogP contribution in [-0.2, 0) is 18.4 Å². The Balaban J connectivity index is 2.12. The number of nitrogens with zero attached hydrogens (tertiary/aromatic N) is 2. The van der Waals surface area contributed by atoms with Crippen molar-refractivity contribution >= 4 is 27.6 Å². The third-order valence-electron chi connectivity index (χ3n) is 2.75. The quantitative estimate of drug-likeness (QED) is 0.695. The number of hydrogen-bond donors (Lipinski definition) is 1. The van der Waals surface area contributed by atoms with Crippen LogP contribution >= 0.6 is 15.9 Å². The van der Waals surface area contributed by atoms with Crippen LogP contribution in [0.1, 0.15) is 21.6 Å². The summed E-state index contributed by atoms with van der Waals surface area (Å²) in [5.41, 5.74) is 8.25. The van der Waals surface area contributed by atoms with Crippen LogP contribution in [0.5, 0.6) is 0 Å². The fourth-order valence-electron chi connectivity index (χ4n) is 1.67. The smallest absolute Gasteiger partial charge is 0.338 e. The van der Waals surface area contributed by atoms with Gasteiger partial charge in [0.15, 0.2) is 0 Å². The van der Waals surface area contributed by atoms with Gasteiger partial charge in [0.2, 0.25) is 0 Å². The van der Waals surface area contributed by atoms with Crippen LogP contribution in [0, 0.1) is 6.92 Å². The molecule has 2 rings (SSSR count). The molecule has 1 aromatic carbocycles. The van der Waals surface area contributed by atoms with Crippen molar-refractivity contribution in [3.8, 4) is 0 Å². The second kappa shape index (κ2) is 5.44. The molecule has 0 amide bonds. The van der Waals surface area contributed by atoms with Gasteiger partial charge in [0.25, 0.3) is 0 Å². The average molecular weight is 324 g/mol. The Labute approximate surface area is 119 Å². The summed E-state index contributed by atoms with van der Waals surface area (Å²) in [5, 5.41) is 4.14. The number of benzene rings is 1. The molecule has 6 heteroatoms. The van der Waals surface area contributed by atoms with Gasteiger partial charge in [-0.1, -0.05) is 15.9 Å². The third-order valence-corrected chi connectivity index (χ3v) is 3.21. The standard InChI is InChI=1S/C13H14BrN3O2/c1-8-11(5-9(14)6-12(8)15)13(18)19-7-10-3-4-17(2)16-10/h3-6H,7,15H2,1-2H3. The van der Waals surface area contributed by atoms with Crippen molar-refractivity contribution in [2.24, 2.45) is 7.05 Å². The minimum absolute atomic E-state index is 0.144. The Hall–Kier alpha value is -1.82. The molecule has 2 aromatic rings. The molecule has 0 bridgehead atoms. The molecule has 0 fully saturated rings. The number of ether oxygens (including phenoxy) is 1. The maximum atomic E-state index is 12.0. The topological polar surface area (TPSA) is 70.1 Å². The summed E-state index contributed by atoms with van der Waals surface area (Å²) in [5.74, 6) is -0.406. The predicted molar refractivity (Wildman–Crippen MR) is 75.6 cm³/mol. The highest BCUT2D eigenvalue weighted by Gasteiger charge is 2.14. The Morgan fingerprint density at radius 3 is 2.89 bits per heavy atom. The van der Waals surface area contributed by atoms with E-state index >= 15 is 0 Å².